The number of halogens is 1. The van der Waals surface area contributed by atoms with Crippen LogP contribution in [0.3, 0.4) is 0 Å². The van der Waals surface area contributed by atoms with E-state index in [9.17, 15) is 4.79 Å². The van der Waals surface area contributed by atoms with Gasteiger partial charge >= 0.3 is 0 Å². The van der Waals surface area contributed by atoms with E-state index in [1.54, 1.807) is 19.0 Å². The summed E-state index contributed by atoms with van der Waals surface area (Å²) in [7, 11) is 3.54. The second-order valence-electron chi connectivity index (χ2n) is 6.66. The van der Waals surface area contributed by atoms with E-state index in [1.807, 2.05) is 6.07 Å². The van der Waals surface area contributed by atoms with E-state index in [0.717, 1.165) is 32.1 Å². The first kappa shape index (κ1) is 19.8. The molecule has 2 fully saturated rings. The molecule has 1 aromatic carbocycles. The second kappa shape index (κ2) is 9.26. The first-order valence-electron chi connectivity index (χ1n) is 8.69. The van der Waals surface area contributed by atoms with Crippen molar-refractivity contribution in [2.24, 2.45) is 4.99 Å². The average molecular weight is 457 g/mol. The molecule has 0 bridgehead atoms. The molecule has 1 heterocycles. The van der Waals surface area contributed by atoms with E-state index < -0.39 is 0 Å². The van der Waals surface area contributed by atoms with Crippen LogP contribution in [-0.4, -0.2) is 74.5 Å². The number of hydrogen-bond donors (Lipinski definition) is 1. The van der Waals surface area contributed by atoms with Crippen LogP contribution in [0.25, 0.3) is 0 Å². The SMILES string of the molecule is CN(C)C(=O)CN=C(NC1CC1)N1CCN(c2ccccc2)CC1.I. The first-order chi connectivity index (χ1) is 11.6. The van der Waals surface area contributed by atoms with Crippen LogP contribution in [0.4, 0.5) is 5.69 Å². The molecule has 138 valence electrons. The summed E-state index contributed by atoms with van der Waals surface area (Å²) in [5, 5.41) is 3.50. The molecule has 0 atom stereocenters. The molecule has 7 heteroatoms. The Kier molecular flexibility index (Phi) is 7.34. The highest BCUT2D eigenvalue weighted by atomic mass is 127. The summed E-state index contributed by atoms with van der Waals surface area (Å²) in [6.45, 7) is 3.99. The summed E-state index contributed by atoms with van der Waals surface area (Å²) in [4.78, 5) is 22.7. The lowest BCUT2D eigenvalue weighted by atomic mass is 10.2. The van der Waals surface area contributed by atoms with Gasteiger partial charge in [-0.25, -0.2) is 4.99 Å². The molecule has 1 N–H and O–H groups in total. The Balaban J connectivity index is 0.00000225. The number of guanidine groups is 1. The predicted octanol–water partition coefficient (Wildman–Crippen LogP) is 1.62. The Labute approximate surface area is 167 Å². The standard InChI is InChI=1S/C18H27N5O.HI/c1-21(2)17(24)14-19-18(20-15-8-9-15)23-12-10-22(11-13-23)16-6-4-3-5-7-16;/h3-7,15H,8-14H2,1-2H3,(H,19,20);1H. The van der Waals surface area contributed by atoms with Crippen molar-refractivity contribution < 1.29 is 4.79 Å². The largest absolute Gasteiger partial charge is 0.368 e. The van der Waals surface area contributed by atoms with Gasteiger partial charge in [0.25, 0.3) is 0 Å². The maximum atomic E-state index is 11.8. The minimum atomic E-state index is 0. The number of nitrogens with zero attached hydrogens (tertiary/aromatic N) is 4. The Hall–Kier alpha value is -1.51. The van der Waals surface area contributed by atoms with Crippen molar-refractivity contribution in [2.75, 3.05) is 51.7 Å². The van der Waals surface area contributed by atoms with Crippen molar-refractivity contribution >= 4 is 41.5 Å². The maximum Gasteiger partial charge on any atom is 0.243 e. The molecular formula is C18H28IN5O. The van der Waals surface area contributed by atoms with E-state index in [-0.39, 0.29) is 36.4 Å². The molecule has 0 aromatic heterocycles. The number of rotatable bonds is 4. The van der Waals surface area contributed by atoms with Gasteiger partial charge in [0.2, 0.25) is 5.91 Å². The average Bonchev–Trinajstić information content (AvgIpc) is 3.43. The molecule has 0 radical (unpaired) electrons. The topological polar surface area (TPSA) is 51.2 Å². The zero-order valence-electron chi connectivity index (χ0n) is 15.0. The molecule has 25 heavy (non-hydrogen) atoms. The van der Waals surface area contributed by atoms with E-state index in [4.69, 9.17) is 0 Å². The van der Waals surface area contributed by atoms with E-state index >= 15 is 0 Å². The maximum absolute atomic E-state index is 11.8. The van der Waals surface area contributed by atoms with Crippen LogP contribution in [0, 0.1) is 0 Å². The van der Waals surface area contributed by atoms with Gasteiger partial charge in [-0.15, -0.1) is 24.0 Å². The van der Waals surface area contributed by atoms with Crippen molar-refractivity contribution in [1.29, 1.82) is 0 Å². The van der Waals surface area contributed by atoms with Crippen molar-refractivity contribution in [2.45, 2.75) is 18.9 Å². The third-order valence-electron chi connectivity index (χ3n) is 4.47. The highest BCUT2D eigenvalue weighted by Crippen LogP contribution is 2.20. The van der Waals surface area contributed by atoms with Crippen LogP contribution < -0.4 is 10.2 Å². The summed E-state index contributed by atoms with van der Waals surface area (Å²) in [5.41, 5.74) is 1.27. The number of carbonyl (C=O) groups excluding carboxylic acids is 1. The van der Waals surface area contributed by atoms with Gasteiger partial charge in [-0.2, -0.15) is 0 Å². The fourth-order valence-electron chi connectivity index (χ4n) is 2.75. The Morgan fingerprint density at radius 2 is 1.80 bits per heavy atom. The number of nitrogens with one attached hydrogen (secondary N) is 1. The van der Waals surface area contributed by atoms with E-state index in [0.29, 0.717) is 6.04 Å². The molecule has 1 aliphatic heterocycles. The van der Waals surface area contributed by atoms with Crippen LogP contribution in [0.1, 0.15) is 12.8 Å². The summed E-state index contributed by atoms with van der Waals surface area (Å²) in [5.74, 6) is 0.924. The number of anilines is 1. The molecule has 1 aliphatic carbocycles. The number of hydrogen-bond acceptors (Lipinski definition) is 3. The number of piperazine rings is 1. The minimum Gasteiger partial charge on any atom is -0.368 e. The smallest absolute Gasteiger partial charge is 0.243 e. The van der Waals surface area contributed by atoms with Gasteiger partial charge in [0.1, 0.15) is 6.54 Å². The molecule has 1 aromatic rings. The minimum absolute atomic E-state index is 0. The van der Waals surface area contributed by atoms with Crippen molar-refractivity contribution in [1.82, 2.24) is 15.1 Å². The first-order valence-corrected chi connectivity index (χ1v) is 8.69. The van der Waals surface area contributed by atoms with Gasteiger partial charge in [0.05, 0.1) is 0 Å². The van der Waals surface area contributed by atoms with Gasteiger partial charge < -0.3 is 20.0 Å². The van der Waals surface area contributed by atoms with Crippen LogP contribution in [0.15, 0.2) is 35.3 Å². The quantitative estimate of drug-likeness (QED) is 0.424. The Bertz CT molecular complexity index is 580. The molecule has 0 spiro atoms. The highest BCUT2D eigenvalue weighted by molar-refractivity contribution is 14.0. The lowest BCUT2D eigenvalue weighted by molar-refractivity contribution is -0.127. The third kappa shape index (κ3) is 5.76. The van der Waals surface area contributed by atoms with Gasteiger partial charge in [-0.1, -0.05) is 18.2 Å². The molecule has 2 aliphatic rings. The van der Waals surface area contributed by atoms with Crippen LogP contribution >= 0.6 is 24.0 Å². The number of benzene rings is 1. The molecule has 0 unspecified atom stereocenters. The fraction of sp³-hybridized carbons (Fsp3) is 0.556. The molecule has 6 nitrogen and oxygen atoms in total. The molecular weight excluding hydrogens is 429 g/mol. The Morgan fingerprint density at radius 3 is 2.36 bits per heavy atom. The molecule has 1 saturated heterocycles. The van der Waals surface area contributed by atoms with E-state index in [1.165, 1.54) is 18.5 Å². The third-order valence-corrected chi connectivity index (χ3v) is 4.47. The number of para-hydroxylation sites is 1. The lowest BCUT2D eigenvalue weighted by Crippen LogP contribution is -2.53. The molecule has 1 amide bonds. The summed E-state index contributed by atoms with van der Waals surface area (Å²) in [6.07, 6.45) is 2.40. The monoisotopic (exact) mass is 457 g/mol. The Morgan fingerprint density at radius 1 is 1.16 bits per heavy atom. The van der Waals surface area contributed by atoms with Gasteiger partial charge in [-0.05, 0) is 25.0 Å². The predicted molar refractivity (Wildman–Crippen MR) is 113 cm³/mol. The van der Waals surface area contributed by atoms with Crippen molar-refractivity contribution in [3.05, 3.63) is 30.3 Å². The molecule has 3 rings (SSSR count). The van der Waals surface area contributed by atoms with Gasteiger partial charge in [0, 0.05) is 52.0 Å². The zero-order chi connectivity index (χ0) is 16.9. The number of carbonyl (C=O) groups is 1. The lowest BCUT2D eigenvalue weighted by Gasteiger charge is -2.37. The number of aliphatic imine (C=N–C) groups is 1. The highest BCUT2D eigenvalue weighted by Gasteiger charge is 2.27. The second-order valence-corrected chi connectivity index (χ2v) is 6.66. The van der Waals surface area contributed by atoms with Crippen LogP contribution in [0.5, 0.6) is 0 Å². The number of likely N-dealkylation sites (N-methyl/N-ethyl adjacent to an activating group) is 1. The van der Waals surface area contributed by atoms with Crippen LogP contribution in [-0.2, 0) is 4.79 Å². The normalized spacial score (nSPS) is 17.8. The zero-order valence-corrected chi connectivity index (χ0v) is 17.3. The number of amides is 1. The summed E-state index contributed by atoms with van der Waals surface area (Å²) < 4.78 is 0. The van der Waals surface area contributed by atoms with Crippen molar-refractivity contribution in [3.8, 4) is 0 Å². The molecule has 1 saturated carbocycles. The van der Waals surface area contributed by atoms with Crippen molar-refractivity contribution in [3.63, 3.8) is 0 Å². The van der Waals surface area contributed by atoms with Gasteiger partial charge in [0.15, 0.2) is 5.96 Å². The van der Waals surface area contributed by atoms with Crippen LogP contribution in [0.2, 0.25) is 0 Å². The van der Waals surface area contributed by atoms with E-state index in [2.05, 4.69) is 44.4 Å². The summed E-state index contributed by atoms with van der Waals surface area (Å²) >= 11 is 0. The summed E-state index contributed by atoms with van der Waals surface area (Å²) in [6, 6.07) is 11.1. The van der Waals surface area contributed by atoms with Gasteiger partial charge in [-0.3, -0.25) is 4.79 Å². The fourth-order valence-corrected chi connectivity index (χ4v) is 2.75.